The zero-order valence-corrected chi connectivity index (χ0v) is 12.4. The summed E-state index contributed by atoms with van der Waals surface area (Å²) in [7, 11) is 0. The molecule has 1 aliphatic heterocycles. The number of ether oxygens (including phenoxy) is 1. The van der Waals surface area contributed by atoms with Gasteiger partial charge in [0, 0.05) is 35.2 Å². The van der Waals surface area contributed by atoms with Crippen LogP contribution in [0.15, 0.2) is 24.4 Å². The zero-order chi connectivity index (χ0) is 14.7. The molecule has 1 aromatic heterocycles. The second-order valence-corrected chi connectivity index (χ2v) is 5.56. The van der Waals surface area contributed by atoms with E-state index in [2.05, 4.69) is 15.6 Å². The summed E-state index contributed by atoms with van der Waals surface area (Å²) in [5.74, 6) is -0.00688. The lowest BCUT2D eigenvalue weighted by Gasteiger charge is -2.22. The van der Waals surface area contributed by atoms with E-state index in [9.17, 15) is 4.79 Å². The predicted molar refractivity (Wildman–Crippen MR) is 82.6 cm³/mol. The van der Waals surface area contributed by atoms with Gasteiger partial charge in [-0.25, -0.2) is 0 Å². The number of aromatic amines is 1. The van der Waals surface area contributed by atoms with Gasteiger partial charge in [-0.1, -0.05) is 11.6 Å². The van der Waals surface area contributed by atoms with Crippen molar-refractivity contribution in [1.29, 1.82) is 0 Å². The Hall–Kier alpha value is -1.56. The number of hydrogen-bond acceptors (Lipinski definition) is 3. The van der Waals surface area contributed by atoms with Crippen LogP contribution in [0.2, 0.25) is 5.02 Å². The number of amides is 1. The third-order valence-corrected chi connectivity index (χ3v) is 3.90. The van der Waals surface area contributed by atoms with Crippen molar-refractivity contribution in [3.05, 3.63) is 35.0 Å². The largest absolute Gasteiger partial charge is 0.378 e. The number of hydrogen-bond donors (Lipinski definition) is 3. The van der Waals surface area contributed by atoms with Gasteiger partial charge in [0.05, 0.1) is 13.2 Å². The summed E-state index contributed by atoms with van der Waals surface area (Å²) in [5.41, 5.74) is 2.21. The maximum Gasteiger partial charge on any atom is 0.239 e. The molecule has 3 rings (SSSR count). The molecule has 0 spiro atoms. The predicted octanol–water partition coefficient (Wildman–Crippen LogP) is 1.47. The third-order valence-electron chi connectivity index (χ3n) is 3.66. The van der Waals surface area contributed by atoms with E-state index in [4.69, 9.17) is 16.3 Å². The summed E-state index contributed by atoms with van der Waals surface area (Å²) in [6.07, 6.45) is 2.73. The molecule has 5 nitrogen and oxygen atoms in total. The minimum absolute atomic E-state index is 0.00688. The summed E-state index contributed by atoms with van der Waals surface area (Å²) in [6.45, 7) is 2.42. The average Bonchev–Trinajstić information content (AvgIpc) is 2.90. The van der Waals surface area contributed by atoms with E-state index >= 15 is 0 Å². The number of carbonyl (C=O) groups is 1. The second-order valence-electron chi connectivity index (χ2n) is 5.13. The SMILES string of the molecule is O=C(NCCc1c[nH]c2ccc(Cl)cc12)C1COCCN1. The molecular weight excluding hydrogens is 290 g/mol. The minimum Gasteiger partial charge on any atom is -0.378 e. The summed E-state index contributed by atoms with van der Waals surface area (Å²) in [6, 6.07) is 5.53. The van der Waals surface area contributed by atoms with E-state index in [1.54, 1.807) is 0 Å². The van der Waals surface area contributed by atoms with E-state index in [0.717, 1.165) is 34.5 Å². The highest BCUT2D eigenvalue weighted by atomic mass is 35.5. The van der Waals surface area contributed by atoms with Crippen molar-refractivity contribution in [2.75, 3.05) is 26.3 Å². The fourth-order valence-corrected chi connectivity index (χ4v) is 2.71. The Morgan fingerprint density at radius 2 is 2.38 bits per heavy atom. The fourth-order valence-electron chi connectivity index (χ4n) is 2.53. The van der Waals surface area contributed by atoms with Crippen molar-refractivity contribution in [3.8, 4) is 0 Å². The van der Waals surface area contributed by atoms with E-state index < -0.39 is 0 Å². The monoisotopic (exact) mass is 307 g/mol. The molecule has 21 heavy (non-hydrogen) atoms. The highest BCUT2D eigenvalue weighted by molar-refractivity contribution is 6.31. The normalized spacial score (nSPS) is 18.8. The molecule has 1 aromatic carbocycles. The number of carbonyl (C=O) groups excluding carboxylic acids is 1. The molecule has 0 aliphatic carbocycles. The Morgan fingerprint density at radius 3 is 3.19 bits per heavy atom. The molecule has 1 saturated heterocycles. The Balaban J connectivity index is 1.56. The Kier molecular flexibility index (Phi) is 4.43. The Bertz CT molecular complexity index is 635. The first-order chi connectivity index (χ1) is 10.2. The maximum atomic E-state index is 12.0. The van der Waals surface area contributed by atoms with Crippen molar-refractivity contribution in [2.45, 2.75) is 12.5 Å². The lowest BCUT2D eigenvalue weighted by Crippen LogP contribution is -2.51. The van der Waals surface area contributed by atoms with Gasteiger partial charge in [0.2, 0.25) is 5.91 Å². The van der Waals surface area contributed by atoms with Gasteiger partial charge in [0.15, 0.2) is 0 Å². The molecule has 1 fully saturated rings. The molecule has 1 unspecified atom stereocenters. The number of H-pyrrole nitrogens is 1. The van der Waals surface area contributed by atoms with Gasteiger partial charge >= 0.3 is 0 Å². The summed E-state index contributed by atoms with van der Waals surface area (Å²) in [4.78, 5) is 15.2. The number of halogens is 1. The third kappa shape index (κ3) is 3.37. The van der Waals surface area contributed by atoms with E-state index in [1.165, 1.54) is 0 Å². The highest BCUT2D eigenvalue weighted by Gasteiger charge is 2.20. The molecule has 3 N–H and O–H groups in total. The van der Waals surface area contributed by atoms with E-state index in [0.29, 0.717) is 19.8 Å². The molecule has 2 heterocycles. The molecule has 1 atom stereocenters. The van der Waals surface area contributed by atoms with Crippen LogP contribution >= 0.6 is 11.6 Å². The molecule has 1 aliphatic rings. The van der Waals surface area contributed by atoms with Crippen LogP contribution < -0.4 is 10.6 Å². The molecule has 0 radical (unpaired) electrons. The van der Waals surface area contributed by atoms with Gasteiger partial charge in [-0.2, -0.15) is 0 Å². The summed E-state index contributed by atoms with van der Waals surface area (Å²) in [5, 5.41) is 7.91. The standard InChI is InChI=1S/C15H18ClN3O2/c16-11-1-2-13-12(7-11)10(8-19-13)3-4-18-15(20)14-9-21-6-5-17-14/h1-2,7-8,14,17,19H,3-6,9H2,(H,18,20). The lowest BCUT2D eigenvalue weighted by molar-refractivity contribution is -0.125. The molecular formula is C15H18ClN3O2. The average molecular weight is 308 g/mol. The van der Waals surface area contributed by atoms with Crippen LogP contribution in [0, 0.1) is 0 Å². The maximum absolute atomic E-state index is 12.0. The van der Waals surface area contributed by atoms with Crippen LogP contribution in [0.5, 0.6) is 0 Å². The number of rotatable bonds is 4. The molecule has 1 amide bonds. The van der Waals surface area contributed by atoms with Crippen LogP contribution in [0.1, 0.15) is 5.56 Å². The van der Waals surface area contributed by atoms with Crippen LogP contribution in [-0.4, -0.2) is 43.2 Å². The Labute approximate surface area is 128 Å². The lowest BCUT2D eigenvalue weighted by atomic mass is 10.1. The minimum atomic E-state index is -0.240. The van der Waals surface area contributed by atoms with Gasteiger partial charge < -0.3 is 20.4 Å². The van der Waals surface area contributed by atoms with Crippen molar-refractivity contribution in [3.63, 3.8) is 0 Å². The number of fused-ring (bicyclic) bond motifs is 1. The first-order valence-corrected chi connectivity index (χ1v) is 7.46. The number of benzene rings is 1. The van der Waals surface area contributed by atoms with Gasteiger partial charge in [-0.3, -0.25) is 4.79 Å². The number of morpholine rings is 1. The van der Waals surface area contributed by atoms with Crippen LogP contribution in [0.4, 0.5) is 0 Å². The number of aromatic nitrogens is 1. The van der Waals surface area contributed by atoms with Gasteiger partial charge in [0.25, 0.3) is 0 Å². The number of nitrogens with one attached hydrogen (secondary N) is 3. The van der Waals surface area contributed by atoms with E-state index in [-0.39, 0.29) is 11.9 Å². The quantitative estimate of drug-likeness (QED) is 0.801. The molecule has 2 aromatic rings. The molecule has 0 saturated carbocycles. The summed E-state index contributed by atoms with van der Waals surface area (Å²) < 4.78 is 5.28. The van der Waals surface area contributed by atoms with Crippen LogP contribution in [0.3, 0.4) is 0 Å². The fraction of sp³-hybridized carbons (Fsp3) is 0.400. The highest BCUT2D eigenvalue weighted by Crippen LogP contribution is 2.22. The first-order valence-electron chi connectivity index (χ1n) is 7.08. The van der Waals surface area contributed by atoms with Crippen molar-refractivity contribution in [2.24, 2.45) is 0 Å². The topological polar surface area (TPSA) is 66.2 Å². The van der Waals surface area contributed by atoms with E-state index in [1.807, 2.05) is 24.4 Å². The smallest absolute Gasteiger partial charge is 0.239 e. The van der Waals surface area contributed by atoms with Crippen molar-refractivity contribution >= 4 is 28.4 Å². The van der Waals surface area contributed by atoms with Crippen molar-refractivity contribution in [1.82, 2.24) is 15.6 Å². The van der Waals surface area contributed by atoms with Gasteiger partial charge in [0.1, 0.15) is 6.04 Å². The zero-order valence-electron chi connectivity index (χ0n) is 11.6. The van der Waals surface area contributed by atoms with Gasteiger partial charge in [-0.05, 0) is 30.2 Å². The van der Waals surface area contributed by atoms with Gasteiger partial charge in [-0.15, -0.1) is 0 Å². The second kappa shape index (κ2) is 6.47. The molecule has 6 heteroatoms. The van der Waals surface area contributed by atoms with Crippen molar-refractivity contribution < 1.29 is 9.53 Å². The molecule has 112 valence electrons. The van der Waals surface area contributed by atoms with Crippen LogP contribution in [0.25, 0.3) is 10.9 Å². The summed E-state index contributed by atoms with van der Waals surface area (Å²) >= 11 is 6.03. The van der Waals surface area contributed by atoms with Crippen LogP contribution in [-0.2, 0) is 16.0 Å². The first kappa shape index (κ1) is 14.4. The molecule has 0 bridgehead atoms. The Morgan fingerprint density at radius 1 is 1.48 bits per heavy atom.